The number of carbonyl (C=O) groups is 1. The molecule has 4 nitrogen and oxygen atoms in total. The topological polar surface area (TPSA) is 53.3 Å². The summed E-state index contributed by atoms with van der Waals surface area (Å²) in [5.41, 5.74) is 0.273. The fourth-order valence-electron chi connectivity index (χ4n) is 2.50. The second kappa shape index (κ2) is 7.33. The predicted octanol–water partition coefficient (Wildman–Crippen LogP) is 3.38. The molecule has 1 unspecified atom stereocenters. The zero-order valence-electron chi connectivity index (χ0n) is 12.1. The van der Waals surface area contributed by atoms with Crippen LogP contribution in [0.4, 0.5) is 0 Å². The molecule has 0 bridgehead atoms. The van der Waals surface area contributed by atoms with Crippen LogP contribution in [0.25, 0.3) is 0 Å². The van der Waals surface area contributed by atoms with Crippen molar-refractivity contribution in [1.29, 1.82) is 5.26 Å². The third-order valence-corrected chi connectivity index (χ3v) is 3.97. The van der Waals surface area contributed by atoms with Crippen molar-refractivity contribution < 1.29 is 9.53 Å². The lowest BCUT2D eigenvalue weighted by Crippen LogP contribution is -2.41. The van der Waals surface area contributed by atoms with Gasteiger partial charge in [0.25, 0.3) is 5.91 Å². The minimum Gasteiger partial charge on any atom is -0.479 e. The zero-order chi connectivity index (χ0) is 15.2. The van der Waals surface area contributed by atoms with E-state index in [0.29, 0.717) is 10.8 Å². The SMILES string of the molecule is CC(Oc1cccc(Cl)c1C#N)C(=O)N1CCCCCC1. The minimum absolute atomic E-state index is 0.0271. The Morgan fingerprint density at radius 3 is 2.62 bits per heavy atom. The molecule has 21 heavy (non-hydrogen) atoms. The van der Waals surface area contributed by atoms with Gasteiger partial charge in [0, 0.05) is 13.1 Å². The van der Waals surface area contributed by atoms with Gasteiger partial charge >= 0.3 is 0 Å². The number of hydrogen-bond donors (Lipinski definition) is 0. The second-order valence-electron chi connectivity index (χ2n) is 5.22. The summed E-state index contributed by atoms with van der Waals surface area (Å²) in [6.07, 6.45) is 3.81. The quantitative estimate of drug-likeness (QED) is 0.860. The normalized spacial score (nSPS) is 16.7. The third-order valence-electron chi connectivity index (χ3n) is 3.66. The first kappa shape index (κ1) is 15.7. The Labute approximate surface area is 130 Å². The Morgan fingerprint density at radius 2 is 2.00 bits per heavy atom. The van der Waals surface area contributed by atoms with E-state index in [-0.39, 0.29) is 11.5 Å². The molecule has 0 spiro atoms. The summed E-state index contributed by atoms with van der Waals surface area (Å²) in [6, 6.07) is 7.02. The van der Waals surface area contributed by atoms with E-state index in [1.807, 2.05) is 11.0 Å². The number of hydrogen-bond acceptors (Lipinski definition) is 3. The maximum Gasteiger partial charge on any atom is 0.263 e. The molecule has 1 aliphatic rings. The van der Waals surface area contributed by atoms with Crippen molar-refractivity contribution in [2.45, 2.75) is 38.7 Å². The largest absolute Gasteiger partial charge is 0.479 e. The summed E-state index contributed by atoms with van der Waals surface area (Å²) in [5.74, 6) is 0.335. The Balaban J connectivity index is 2.07. The van der Waals surface area contributed by atoms with Crippen molar-refractivity contribution in [2.75, 3.05) is 13.1 Å². The molecule has 1 amide bonds. The second-order valence-corrected chi connectivity index (χ2v) is 5.63. The van der Waals surface area contributed by atoms with Crippen LogP contribution in [-0.2, 0) is 4.79 Å². The Kier molecular flexibility index (Phi) is 5.46. The maximum absolute atomic E-state index is 12.4. The number of benzene rings is 1. The van der Waals surface area contributed by atoms with E-state index in [2.05, 4.69) is 0 Å². The van der Waals surface area contributed by atoms with Crippen molar-refractivity contribution in [2.24, 2.45) is 0 Å². The molecule has 1 fully saturated rings. The Bertz CT molecular complexity index is 546. The first-order chi connectivity index (χ1) is 10.1. The molecule has 1 aromatic rings. The summed E-state index contributed by atoms with van der Waals surface area (Å²) < 4.78 is 5.67. The van der Waals surface area contributed by atoms with Crippen LogP contribution in [0.1, 0.15) is 38.2 Å². The van der Waals surface area contributed by atoms with Gasteiger partial charge in [0.1, 0.15) is 17.4 Å². The van der Waals surface area contributed by atoms with Gasteiger partial charge in [0.05, 0.1) is 5.02 Å². The molecular weight excluding hydrogens is 288 g/mol. The van der Waals surface area contributed by atoms with E-state index < -0.39 is 6.10 Å². The molecule has 0 aliphatic carbocycles. The molecule has 1 saturated heterocycles. The van der Waals surface area contributed by atoms with Gasteiger partial charge < -0.3 is 9.64 Å². The van der Waals surface area contributed by atoms with Crippen molar-refractivity contribution >= 4 is 17.5 Å². The van der Waals surface area contributed by atoms with Crippen LogP contribution in [0.3, 0.4) is 0 Å². The molecule has 112 valence electrons. The molecule has 5 heteroatoms. The van der Waals surface area contributed by atoms with Crippen LogP contribution in [0.15, 0.2) is 18.2 Å². The predicted molar refractivity (Wildman–Crippen MR) is 81.3 cm³/mol. The molecule has 0 N–H and O–H groups in total. The maximum atomic E-state index is 12.4. The van der Waals surface area contributed by atoms with Crippen LogP contribution in [0, 0.1) is 11.3 Å². The van der Waals surface area contributed by atoms with Gasteiger partial charge in [-0.3, -0.25) is 4.79 Å². The molecular formula is C16H19ClN2O2. The Morgan fingerprint density at radius 1 is 1.33 bits per heavy atom. The third kappa shape index (κ3) is 3.89. The first-order valence-corrected chi connectivity index (χ1v) is 7.65. The van der Waals surface area contributed by atoms with Crippen LogP contribution < -0.4 is 4.74 Å². The van der Waals surface area contributed by atoms with Gasteiger partial charge in [-0.25, -0.2) is 0 Å². The fraction of sp³-hybridized carbons (Fsp3) is 0.500. The molecule has 0 aromatic heterocycles. The van der Waals surface area contributed by atoms with Crippen molar-refractivity contribution in [3.8, 4) is 11.8 Å². The van der Waals surface area contributed by atoms with Gasteiger partial charge in [-0.15, -0.1) is 0 Å². The number of ether oxygens (including phenoxy) is 1. The highest BCUT2D eigenvalue weighted by molar-refractivity contribution is 6.31. The fourth-order valence-corrected chi connectivity index (χ4v) is 2.71. The summed E-state index contributed by atoms with van der Waals surface area (Å²) in [4.78, 5) is 14.3. The molecule has 2 rings (SSSR count). The number of carbonyl (C=O) groups excluding carboxylic acids is 1. The van der Waals surface area contributed by atoms with Crippen molar-refractivity contribution in [3.05, 3.63) is 28.8 Å². The van der Waals surface area contributed by atoms with E-state index in [0.717, 1.165) is 25.9 Å². The number of rotatable bonds is 3. The number of nitriles is 1. The van der Waals surface area contributed by atoms with E-state index in [4.69, 9.17) is 21.6 Å². The number of likely N-dealkylation sites (tertiary alicyclic amines) is 1. The summed E-state index contributed by atoms with van der Waals surface area (Å²) >= 11 is 5.96. The Hall–Kier alpha value is -1.73. The molecule has 1 heterocycles. The first-order valence-electron chi connectivity index (χ1n) is 7.27. The number of halogens is 1. The molecule has 0 radical (unpaired) electrons. The molecule has 1 aliphatic heterocycles. The van der Waals surface area contributed by atoms with Crippen molar-refractivity contribution in [1.82, 2.24) is 4.90 Å². The lowest BCUT2D eigenvalue weighted by molar-refractivity contribution is -0.137. The van der Waals surface area contributed by atoms with Crippen LogP contribution in [-0.4, -0.2) is 30.0 Å². The summed E-state index contributed by atoms with van der Waals surface area (Å²) in [7, 11) is 0. The highest BCUT2D eigenvalue weighted by Crippen LogP contribution is 2.26. The van der Waals surface area contributed by atoms with Gasteiger partial charge in [-0.2, -0.15) is 5.26 Å². The molecule has 1 aromatic carbocycles. The van der Waals surface area contributed by atoms with E-state index in [9.17, 15) is 4.79 Å². The summed E-state index contributed by atoms with van der Waals surface area (Å²) in [5, 5.41) is 9.46. The van der Waals surface area contributed by atoms with Gasteiger partial charge in [-0.1, -0.05) is 30.5 Å². The lowest BCUT2D eigenvalue weighted by atomic mass is 10.2. The van der Waals surface area contributed by atoms with Crippen LogP contribution in [0.2, 0.25) is 5.02 Å². The molecule has 1 atom stereocenters. The zero-order valence-corrected chi connectivity index (χ0v) is 12.9. The van der Waals surface area contributed by atoms with Gasteiger partial charge in [0.15, 0.2) is 6.10 Å². The van der Waals surface area contributed by atoms with E-state index in [1.165, 1.54) is 12.8 Å². The van der Waals surface area contributed by atoms with Gasteiger partial charge in [-0.05, 0) is 31.9 Å². The van der Waals surface area contributed by atoms with E-state index >= 15 is 0 Å². The standard InChI is InChI=1S/C16H19ClN2O2/c1-12(16(20)19-9-4-2-3-5-10-19)21-15-8-6-7-14(17)13(15)11-18/h6-8,12H,2-5,9-10H2,1H3. The smallest absolute Gasteiger partial charge is 0.263 e. The highest BCUT2D eigenvalue weighted by atomic mass is 35.5. The monoisotopic (exact) mass is 306 g/mol. The average molecular weight is 307 g/mol. The average Bonchev–Trinajstić information content (AvgIpc) is 2.75. The van der Waals surface area contributed by atoms with Gasteiger partial charge in [0.2, 0.25) is 0 Å². The van der Waals surface area contributed by atoms with Crippen LogP contribution >= 0.6 is 11.6 Å². The number of nitrogens with zero attached hydrogens (tertiary/aromatic N) is 2. The van der Waals surface area contributed by atoms with Crippen molar-refractivity contribution in [3.63, 3.8) is 0 Å². The summed E-state index contributed by atoms with van der Waals surface area (Å²) in [6.45, 7) is 3.29. The van der Waals surface area contributed by atoms with E-state index in [1.54, 1.807) is 25.1 Å². The lowest BCUT2D eigenvalue weighted by Gasteiger charge is -2.24. The molecule has 0 saturated carbocycles. The highest BCUT2D eigenvalue weighted by Gasteiger charge is 2.23. The number of amides is 1. The van der Waals surface area contributed by atoms with Crippen LogP contribution in [0.5, 0.6) is 5.75 Å². The minimum atomic E-state index is -0.617.